The second-order valence-corrected chi connectivity index (χ2v) is 9.95. The zero-order chi connectivity index (χ0) is 25.9. The summed E-state index contributed by atoms with van der Waals surface area (Å²) in [6, 6.07) is 40.9. The van der Waals surface area contributed by atoms with Gasteiger partial charge in [-0.3, -0.25) is 0 Å². The third-order valence-electron chi connectivity index (χ3n) is 7.82. The molecule has 0 radical (unpaired) electrons. The molecule has 0 N–H and O–H groups in total. The third kappa shape index (κ3) is 3.18. The summed E-state index contributed by atoms with van der Waals surface area (Å²) in [5, 5.41) is 4.97. The van der Waals surface area contributed by atoms with Crippen LogP contribution in [-0.2, 0) is 0 Å². The van der Waals surface area contributed by atoms with E-state index in [0.29, 0.717) is 5.82 Å². The van der Waals surface area contributed by atoms with Gasteiger partial charge in [-0.2, -0.15) is 0 Å². The van der Waals surface area contributed by atoms with Crippen LogP contribution in [0.3, 0.4) is 0 Å². The second kappa shape index (κ2) is 8.40. The molecule has 0 aliphatic carbocycles. The summed E-state index contributed by atoms with van der Waals surface area (Å²) in [6.07, 6.45) is 3.62. The Balaban J connectivity index is 1.55. The van der Waals surface area contributed by atoms with E-state index in [9.17, 15) is 0 Å². The van der Waals surface area contributed by atoms with Crippen molar-refractivity contribution >= 4 is 43.6 Å². The maximum absolute atomic E-state index is 4.64. The first-order chi connectivity index (χ1) is 19.3. The van der Waals surface area contributed by atoms with Gasteiger partial charge >= 0.3 is 0 Å². The molecule has 3 aromatic heterocycles. The molecule has 0 spiro atoms. The fraction of sp³-hybridized carbons (Fsp3) is 0.0286. The third-order valence-corrected chi connectivity index (χ3v) is 7.82. The lowest BCUT2D eigenvalue weighted by molar-refractivity contribution is 1.09. The average molecular weight is 501 g/mol. The van der Waals surface area contributed by atoms with Gasteiger partial charge in [0.05, 0.1) is 33.4 Å². The molecule has 0 unspecified atom stereocenters. The van der Waals surface area contributed by atoms with E-state index in [1.807, 2.05) is 18.5 Å². The summed E-state index contributed by atoms with van der Waals surface area (Å²) in [6.45, 7) is 2.23. The number of nitrogens with zero attached hydrogens (tertiary/aromatic N) is 4. The number of fused-ring (bicyclic) bond motifs is 6. The molecule has 4 nitrogen and oxygen atoms in total. The highest BCUT2D eigenvalue weighted by atomic mass is 15.0. The van der Waals surface area contributed by atoms with Crippen LogP contribution in [0.2, 0.25) is 0 Å². The molecule has 4 heteroatoms. The molecule has 8 aromatic rings. The average Bonchev–Trinajstić information content (AvgIpc) is 3.51. The van der Waals surface area contributed by atoms with Crippen LogP contribution in [0.25, 0.3) is 66.4 Å². The fourth-order valence-electron chi connectivity index (χ4n) is 6.09. The van der Waals surface area contributed by atoms with E-state index < -0.39 is 0 Å². The van der Waals surface area contributed by atoms with E-state index in [4.69, 9.17) is 0 Å². The van der Waals surface area contributed by atoms with Gasteiger partial charge in [0, 0.05) is 39.5 Å². The van der Waals surface area contributed by atoms with Gasteiger partial charge in [0.2, 0.25) is 0 Å². The van der Waals surface area contributed by atoms with Gasteiger partial charge < -0.3 is 9.13 Å². The number of rotatable bonds is 3. The van der Waals surface area contributed by atoms with Crippen molar-refractivity contribution in [3.8, 4) is 22.8 Å². The van der Waals surface area contributed by atoms with Crippen LogP contribution in [0.4, 0.5) is 0 Å². The quantitative estimate of drug-likeness (QED) is 0.243. The topological polar surface area (TPSA) is 35.6 Å². The van der Waals surface area contributed by atoms with Gasteiger partial charge in [-0.05, 0) is 55.0 Å². The van der Waals surface area contributed by atoms with Crippen molar-refractivity contribution in [1.82, 2.24) is 19.1 Å². The largest absolute Gasteiger partial charge is 0.309 e. The molecule has 0 fully saturated rings. The highest BCUT2D eigenvalue weighted by Gasteiger charge is 2.20. The molecule has 184 valence electrons. The SMILES string of the molecule is Cc1c(-n2c3ccccc3c3ccccc32)cc(-c2ncccn2)cc1-n1c2ccccc2c2ccccc21. The van der Waals surface area contributed by atoms with Crippen LogP contribution >= 0.6 is 0 Å². The van der Waals surface area contributed by atoms with E-state index in [-0.39, 0.29) is 0 Å². The van der Waals surface area contributed by atoms with Crippen molar-refractivity contribution in [2.75, 3.05) is 0 Å². The molecular formula is C35H24N4. The predicted molar refractivity (Wildman–Crippen MR) is 161 cm³/mol. The lowest BCUT2D eigenvalue weighted by Crippen LogP contribution is -2.05. The summed E-state index contributed by atoms with van der Waals surface area (Å²) in [4.78, 5) is 9.29. The van der Waals surface area contributed by atoms with Crippen molar-refractivity contribution in [3.05, 3.63) is 133 Å². The molecule has 0 atom stereocenters. The lowest BCUT2D eigenvalue weighted by atomic mass is 10.0. The fourth-order valence-corrected chi connectivity index (χ4v) is 6.09. The summed E-state index contributed by atoms with van der Waals surface area (Å²) in [5.41, 5.74) is 9.13. The maximum Gasteiger partial charge on any atom is 0.159 e. The van der Waals surface area contributed by atoms with E-state index in [1.165, 1.54) is 49.2 Å². The minimum atomic E-state index is 0.710. The molecule has 0 bridgehead atoms. The molecule has 39 heavy (non-hydrogen) atoms. The zero-order valence-corrected chi connectivity index (χ0v) is 21.4. The molecule has 8 rings (SSSR count). The van der Waals surface area contributed by atoms with Crippen LogP contribution in [-0.4, -0.2) is 19.1 Å². The lowest BCUT2D eigenvalue weighted by Gasteiger charge is -2.19. The Bertz CT molecular complexity index is 1940. The van der Waals surface area contributed by atoms with Gasteiger partial charge in [0.25, 0.3) is 0 Å². The first-order valence-corrected chi connectivity index (χ1v) is 13.2. The number of benzene rings is 5. The van der Waals surface area contributed by atoms with Crippen LogP contribution < -0.4 is 0 Å². The van der Waals surface area contributed by atoms with Crippen LogP contribution in [0.15, 0.2) is 128 Å². The molecular weight excluding hydrogens is 476 g/mol. The zero-order valence-electron chi connectivity index (χ0n) is 21.4. The Labute approximate surface area is 225 Å². The van der Waals surface area contributed by atoms with Crippen molar-refractivity contribution < 1.29 is 0 Å². The monoisotopic (exact) mass is 500 g/mol. The molecule has 0 aliphatic rings. The van der Waals surface area contributed by atoms with E-state index in [0.717, 1.165) is 16.9 Å². The summed E-state index contributed by atoms with van der Waals surface area (Å²) >= 11 is 0. The first kappa shape index (κ1) is 21.8. The maximum atomic E-state index is 4.64. The molecule has 0 amide bonds. The summed E-state index contributed by atoms with van der Waals surface area (Å²) in [5.74, 6) is 0.710. The van der Waals surface area contributed by atoms with Crippen LogP contribution in [0.5, 0.6) is 0 Å². The highest BCUT2D eigenvalue weighted by molar-refractivity contribution is 6.11. The minimum Gasteiger partial charge on any atom is -0.309 e. The predicted octanol–water partition coefficient (Wildman–Crippen LogP) is 8.65. The van der Waals surface area contributed by atoms with Gasteiger partial charge in [0.1, 0.15) is 0 Å². The van der Waals surface area contributed by atoms with Crippen molar-refractivity contribution in [2.24, 2.45) is 0 Å². The molecule has 3 heterocycles. The van der Waals surface area contributed by atoms with Gasteiger partial charge in [-0.1, -0.05) is 72.8 Å². The number of hydrogen-bond donors (Lipinski definition) is 0. The van der Waals surface area contributed by atoms with Crippen molar-refractivity contribution in [1.29, 1.82) is 0 Å². The van der Waals surface area contributed by atoms with Gasteiger partial charge in [-0.25, -0.2) is 9.97 Å². The van der Waals surface area contributed by atoms with Crippen molar-refractivity contribution in [3.63, 3.8) is 0 Å². The van der Waals surface area contributed by atoms with Crippen LogP contribution in [0, 0.1) is 6.92 Å². The number of hydrogen-bond acceptors (Lipinski definition) is 2. The number of para-hydroxylation sites is 4. The van der Waals surface area contributed by atoms with E-state index in [1.54, 1.807) is 0 Å². The standard InChI is InChI=1S/C35H24N4/c1-23-33(38-29-15-6-2-11-25(29)26-12-3-7-16-30(26)38)21-24(35-36-19-10-20-37-35)22-34(23)39-31-17-8-4-13-27(31)28-14-5-9-18-32(28)39/h2-22H,1H3. The highest BCUT2D eigenvalue weighted by Crippen LogP contribution is 2.39. The van der Waals surface area contributed by atoms with Crippen molar-refractivity contribution in [2.45, 2.75) is 6.92 Å². The van der Waals surface area contributed by atoms with E-state index >= 15 is 0 Å². The van der Waals surface area contributed by atoms with E-state index in [2.05, 4.69) is 135 Å². The van der Waals surface area contributed by atoms with Gasteiger partial charge in [-0.15, -0.1) is 0 Å². The first-order valence-electron chi connectivity index (χ1n) is 13.2. The Morgan fingerprint density at radius 1 is 0.462 bits per heavy atom. The molecule has 0 aliphatic heterocycles. The number of aromatic nitrogens is 4. The normalized spacial score (nSPS) is 11.7. The van der Waals surface area contributed by atoms with Crippen LogP contribution in [0.1, 0.15) is 5.56 Å². The summed E-state index contributed by atoms with van der Waals surface area (Å²) < 4.78 is 4.79. The molecule has 0 saturated heterocycles. The Hall–Kier alpha value is -5.22. The molecule has 5 aromatic carbocycles. The van der Waals surface area contributed by atoms with Gasteiger partial charge in [0.15, 0.2) is 5.82 Å². The Morgan fingerprint density at radius 3 is 1.21 bits per heavy atom. The molecule has 0 saturated carbocycles. The Morgan fingerprint density at radius 2 is 0.821 bits per heavy atom. The second-order valence-electron chi connectivity index (χ2n) is 9.95. The minimum absolute atomic E-state index is 0.710. The Kier molecular flexibility index (Phi) is 4.70. The summed E-state index contributed by atoms with van der Waals surface area (Å²) in [7, 11) is 0. The smallest absolute Gasteiger partial charge is 0.159 e.